The fourth-order valence-corrected chi connectivity index (χ4v) is 4.81. The van der Waals surface area contributed by atoms with E-state index >= 15 is 0 Å². The lowest BCUT2D eigenvalue weighted by Gasteiger charge is -2.39. The molecule has 1 aromatic carbocycles. The van der Waals surface area contributed by atoms with Crippen molar-refractivity contribution in [2.24, 2.45) is 0 Å². The summed E-state index contributed by atoms with van der Waals surface area (Å²) in [5.41, 5.74) is 3.46. The summed E-state index contributed by atoms with van der Waals surface area (Å²) in [7, 11) is 3.50. The lowest BCUT2D eigenvalue weighted by atomic mass is 9.66. The molecule has 2 fully saturated rings. The Morgan fingerprint density at radius 1 is 1.31 bits per heavy atom. The molecule has 6 nitrogen and oxygen atoms in total. The van der Waals surface area contributed by atoms with E-state index in [1.807, 2.05) is 29.6 Å². The number of carboxylic acids is 1. The van der Waals surface area contributed by atoms with E-state index in [1.54, 1.807) is 14.2 Å². The molecule has 2 aromatic rings. The van der Waals surface area contributed by atoms with E-state index < -0.39 is 5.97 Å². The highest BCUT2D eigenvalue weighted by molar-refractivity contribution is 7.14. The molecule has 1 aromatic heterocycles. The molecule has 156 valence electrons. The predicted molar refractivity (Wildman–Crippen MR) is 117 cm³/mol. The lowest BCUT2D eigenvalue weighted by Crippen LogP contribution is -2.51. The largest absolute Gasteiger partial charge is 0.478 e. The van der Waals surface area contributed by atoms with Gasteiger partial charge in [-0.15, -0.1) is 11.3 Å². The van der Waals surface area contributed by atoms with Gasteiger partial charge < -0.3 is 20.1 Å². The summed E-state index contributed by atoms with van der Waals surface area (Å²) in [6.07, 6.45) is 4.64. The maximum atomic E-state index is 11.2. The van der Waals surface area contributed by atoms with Crippen LogP contribution >= 0.6 is 11.3 Å². The first-order chi connectivity index (χ1) is 13.9. The quantitative estimate of drug-likeness (QED) is 0.685. The van der Waals surface area contributed by atoms with E-state index in [1.165, 1.54) is 17.8 Å². The number of nitrogens with zero attached hydrogens (tertiary/aromatic N) is 1. The van der Waals surface area contributed by atoms with Crippen LogP contribution in [-0.2, 0) is 10.2 Å². The fraction of sp³-hybridized carbons (Fsp3) is 0.455. The minimum absolute atomic E-state index is 0.0966. The van der Waals surface area contributed by atoms with Crippen molar-refractivity contribution in [1.82, 2.24) is 0 Å². The van der Waals surface area contributed by atoms with Crippen LogP contribution in [0, 0.1) is 0 Å². The first-order valence-corrected chi connectivity index (χ1v) is 10.7. The van der Waals surface area contributed by atoms with Crippen LogP contribution in [0.2, 0.25) is 0 Å². The third-order valence-electron chi connectivity index (χ3n) is 5.91. The summed E-state index contributed by atoms with van der Waals surface area (Å²) in [5, 5.41) is 14.9. The van der Waals surface area contributed by atoms with Gasteiger partial charge in [0, 0.05) is 38.5 Å². The van der Waals surface area contributed by atoms with Gasteiger partial charge in [-0.3, -0.25) is 4.79 Å². The first-order valence-electron chi connectivity index (χ1n) is 9.78. The van der Waals surface area contributed by atoms with Gasteiger partial charge in [0.1, 0.15) is 11.3 Å². The van der Waals surface area contributed by atoms with Gasteiger partial charge in [-0.2, -0.15) is 0 Å². The van der Waals surface area contributed by atoms with Crippen molar-refractivity contribution in [2.75, 3.05) is 37.5 Å². The van der Waals surface area contributed by atoms with Crippen molar-refractivity contribution in [2.45, 2.75) is 37.7 Å². The van der Waals surface area contributed by atoms with Gasteiger partial charge in [0.15, 0.2) is 0 Å². The topological polar surface area (TPSA) is 78.9 Å². The van der Waals surface area contributed by atoms with Crippen molar-refractivity contribution in [3.8, 4) is 0 Å². The smallest absolute Gasteiger partial charge is 0.339 e. The molecule has 7 heteroatoms. The molecule has 2 N–H and O–H groups in total. The second-order valence-electron chi connectivity index (χ2n) is 7.79. The van der Waals surface area contributed by atoms with Gasteiger partial charge in [-0.05, 0) is 53.5 Å². The van der Waals surface area contributed by atoms with Crippen molar-refractivity contribution in [3.05, 3.63) is 46.3 Å². The molecule has 4 rings (SSSR count). The summed E-state index contributed by atoms with van der Waals surface area (Å²) in [6, 6.07) is 7.61. The highest BCUT2D eigenvalue weighted by Gasteiger charge is 2.38. The van der Waals surface area contributed by atoms with Crippen LogP contribution in [0.15, 0.2) is 29.6 Å². The average molecular weight is 417 g/mol. The fourth-order valence-electron chi connectivity index (χ4n) is 3.74. The van der Waals surface area contributed by atoms with Crippen molar-refractivity contribution in [3.63, 3.8) is 0 Å². The number of aldehydes is 1. The van der Waals surface area contributed by atoms with Crippen molar-refractivity contribution < 1.29 is 19.4 Å². The molecule has 1 aliphatic heterocycles. The zero-order valence-corrected chi connectivity index (χ0v) is 17.9. The van der Waals surface area contributed by atoms with Crippen LogP contribution in [-0.4, -0.2) is 50.7 Å². The Labute approximate surface area is 175 Å². The highest BCUT2D eigenvalue weighted by Crippen LogP contribution is 2.47. The standard InChI is InChI=1S/C11H15NO2S.C11H13NO2/c1-11(4-3-5-11)7-6-15-9(12-2)8(7)10(13)14;1-14-11-6-12(7-11)10-4-2-9(8-13)3-5-10/h6,12H,3-5H2,1-2H3,(H,13,14);2-5,8,11H,6-7H2,1H3. The highest BCUT2D eigenvalue weighted by atomic mass is 32.1. The summed E-state index contributed by atoms with van der Waals surface area (Å²) < 4.78 is 5.18. The van der Waals surface area contributed by atoms with E-state index in [9.17, 15) is 14.7 Å². The second kappa shape index (κ2) is 8.97. The second-order valence-corrected chi connectivity index (χ2v) is 8.67. The van der Waals surface area contributed by atoms with Crippen LogP contribution < -0.4 is 10.2 Å². The lowest BCUT2D eigenvalue weighted by molar-refractivity contribution is 0.0693. The van der Waals surface area contributed by atoms with Crippen LogP contribution in [0.5, 0.6) is 0 Å². The van der Waals surface area contributed by atoms with Crippen LogP contribution in [0.3, 0.4) is 0 Å². The number of anilines is 2. The molecule has 0 radical (unpaired) electrons. The summed E-state index contributed by atoms with van der Waals surface area (Å²) >= 11 is 1.49. The van der Waals surface area contributed by atoms with Crippen molar-refractivity contribution in [1.29, 1.82) is 0 Å². The number of thiophene rings is 1. The monoisotopic (exact) mass is 416 g/mol. The Morgan fingerprint density at radius 3 is 2.41 bits per heavy atom. The van der Waals surface area contributed by atoms with E-state index in [0.717, 1.165) is 54.0 Å². The molecule has 0 bridgehead atoms. The molecule has 0 unspecified atom stereocenters. The molecular weight excluding hydrogens is 388 g/mol. The van der Waals surface area contributed by atoms with Gasteiger partial charge in [-0.25, -0.2) is 4.79 Å². The maximum Gasteiger partial charge on any atom is 0.339 e. The van der Waals surface area contributed by atoms with E-state index in [0.29, 0.717) is 11.7 Å². The number of hydrogen-bond acceptors (Lipinski definition) is 6. The molecule has 29 heavy (non-hydrogen) atoms. The first kappa shape index (κ1) is 21.3. The Kier molecular flexibility index (Phi) is 6.59. The number of benzene rings is 1. The number of ether oxygens (including phenoxy) is 1. The van der Waals surface area contributed by atoms with Gasteiger partial charge in [0.05, 0.1) is 11.7 Å². The zero-order chi connectivity index (χ0) is 21.0. The molecule has 0 spiro atoms. The molecule has 0 amide bonds. The Morgan fingerprint density at radius 2 is 1.97 bits per heavy atom. The van der Waals surface area contributed by atoms with Crippen LogP contribution in [0.4, 0.5) is 10.7 Å². The Hall–Kier alpha value is -2.38. The number of carbonyl (C=O) groups is 2. The number of hydrogen-bond donors (Lipinski definition) is 2. The minimum atomic E-state index is -0.816. The number of nitrogens with one attached hydrogen (secondary N) is 1. The van der Waals surface area contributed by atoms with Crippen LogP contribution in [0.25, 0.3) is 0 Å². The third kappa shape index (κ3) is 4.46. The van der Waals surface area contributed by atoms with Gasteiger partial charge >= 0.3 is 5.97 Å². The Bertz CT molecular complexity index is 852. The van der Waals surface area contributed by atoms with E-state index in [-0.39, 0.29) is 5.41 Å². The number of carboxylic acid groups (broad SMARTS) is 1. The molecule has 1 aliphatic carbocycles. The zero-order valence-electron chi connectivity index (χ0n) is 17.1. The predicted octanol–water partition coefficient (Wildman–Crippen LogP) is 4.26. The van der Waals surface area contributed by atoms with Crippen LogP contribution in [0.1, 0.15) is 52.5 Å². The van der Waals surface area contributed by atoms with Gasteiger partial charge in [-0.1, -0.05) is 13.3 Å². The van der Waals surface area contributed by atoms with E-state index in [2.05, 4.69) is 17.1 Å². The van der Waals surface area contributed by atoms with Gasteiger partial charge in [0.25, 0.3) is 0 Å². The Balaban J connectivity index is 0.000000166. The number of methoxy groups -OCH3 is 1. The molecular formula is C22H28N2O4S. The number of carbonyl (C=O) groups excluding carboxylic acids is 1. The number of rotatable bonds is 6. The average Bonchev–Trinajstić information content (AvgIpc) is 3.11. The SMILES string of the molecule is CNc1scc(C2(C)CCC2)c1C(=O)O.COC1CN(c2ccc(C=O)cc2)C1. The third-order valence-corrected chi connectivity index (χ3v) is 6.91. The molecule has 1 saturated carbocycles. The summed E-state index contributed by atoms with van der Waals surface area (Å²) in [6.45, 7) is 4.04. The number of aromatic carboxylic acids is 1. The van der Waals surface area contributed by atoms with E-state index in [4.69, 9.17) is 4.74 Å². The molecule has 1 saturated heterocycles. The summed E-state index contributed by atoms with van der Waals surface area (Å²) in [5.74, 6) is -0.816. The minimum Gasteiger partial charge on any atom is -0.478 e. The van der Waals surface area contributed by atoms with Crippen molar-refractivity contribution >= 4 is 34.3 Å². The maximum absolute atomic E-state index is 11.2. The molecule has 2 aliphatic rings. The molecule has 0 atom stereocenters. The summed E-state index contributed by atoms with van der Waals surface area (Å²) in [4.78, 5) is 23.9. The van der Waals surface area contributed by atoms with Gasteiger partial charge in [0.2, 0.25) is 0 Å². The normalized spacial score (nSPS) is 17.4. The molecule has 2 heterocycles.